The Morgan fingerprint density at radius 2 is 2.08 bits per heavy atom. The average Bonchev–Trinajstić information content (AvgIpc) is 2.64. The number of anilines is 2. The number of rotatable bonds is 3. The van der Waals surface area contributed by atoms with E-state index in [1.165, 1.54) is 0 Å². The number of thioether (sulfide) groups is 1. The molecule has 0 saturated heterocycles. The minimum absolute atomic E-state index is 0.0182. The third kappa shape index (κ3) is 3.91. The van der Waals surface area contributed by atoms with Crippen molar-refractivity contribution in [1.82, 2.24) is 0 Å². The van der Waals surface area contributed by atoms with Crippen molar-refractivity contribution in [2.75, 3.05) is 16.8 Å². The number of para-hydroxylation sites is 1. The van der Waals surface area contributed by atoms with Crippen LogP contribution in [0.2, 0.25) is 5.02 Å². The van der Waals surface area contributed by atoms with E-state index in [1.54, 1.807) is 40.9 Å². The molecule has 0 aromatic heterocycles. The maximum absolute atomic E-state index is 12.5. The van der Waals surface area contributed by atoms with Crippen LogP contribution in [0.25, 0.3) is 0 Å². The molecule has 0 unspecified atom stereocenters. The van der Waals surface area contributed by atoms with Gasteiger partial charge in [0.25, 0.3) is 0 Å². The van der Waals surface area contributed by atoms with E-state index in [2.05, 4.69) is 5.32 Å². The molecule has 1 heterocycles. The molecule has 0 radical (unpaired) electrons. The molecule has 124 valence electrons. The van der Waals surface area contributed by atoms with E-state index in [0.717, 1.165) is 10.6 Å². The lowest BCUT2D eigenvalue weighted by atomic mass is 10.2. The SMILES string of the molecule is C[C@H]1CC(=O)N(CC(=O)Nc2cccc(Cl)c2)c2ccccc2S1. The number of hydrogen-bond acceptors (Lipinski definition) is 3. The van der Waals surface area contributed by atoms with E-state index in [1.807, 2.05) is 31.2 Å². The smallest absolute Gasteiger partial charge is 0.244 e. The fourth-order valence-electron chi connectivity index (χ4n) is 2.61. The lowest BCUT2D eigenvalue weighted by Gasteiger charge is -2.22. The summed E-state index contributed by atoms with van der Waals surface area (Å²) in [6, 6.07) is 14.6. The Bertz CT molecular complexity index is 781. The van der Waals surface area contributed by atoms with Crippen molar-refractivity contribution in [2.24, 2.45) is 0 Å². The highest BCUT2D eigenvalue weighted by Gasteiger charge is 2.27. The van der Waals surface area contributed by atoms with Crippen molar-refractivity contribution < 1.29 is 9.59 Å². The van der Waals surface area contributed by atoms with Gasteiger partial charge in [-0.2, -0.15) is 0 Å². The summed E-state index contributed by atoms with van der Waals surface area (Å²) < 4.78 is 0. The normalized spacial score (nSPS) is 17.2. The molecular weight excluding hydrogens is 344 g/mol. The first-order valence-electron chi connectivity index (χ1n) is 7.64. The first kappa shape index (κ1) is 16.9. The molecule has 2 aromatic rings. The van der Waals surface area contributed by atoms with Crippen molar-refractivity contribution in [3.05, 3.63) is 53.6 Å². The van der Waals surface area contributed by atoms with Gasteiger partial charge in [0.05, 0.1) is 5.69 Å². The second-order valence-corrected chi connectivity index (χ2v) is 7.56. The molecule has 1 aliphatic rings. The van der Waals surface area contributed by atoms with Gasteiger partial charge in [0.1, 0.15) is 6.54 Å². The van der Waals surface area contributed by atoms with Crippen LogP contribution in [0.15, 0.2) is 53.4 Å². The second-order valence-electron chi connectivity index (χ2n) is 5.64. The maximum Gasteiger partial charge on any atom is 0.244 e. The van der Waals surface area contributed by atoms with Gasteiger partial charge < -0.3 is 10.2 Å². The minimum atomic E-state index is -0.250. The van der Waals surface area contributed by atoms with Gasteiger partial charge in [0, 0.05) is 27.3 Å². The van der Waals surface area contributed by atoms with Crippen LogP contribution in [0.3, 0.4) is 0 Å². The van der Waals surface area contributed by atoms with Crippen molar-refractivity contribution in [2.45, 2.75) is 23.5 Å². The third-order valence-electron chi connectivity index (χ3n) is 3.66. The molecule has 0 spiro atoms. The van der Waals surface area contributed by atoms with Crippen molar-refractivity contribution in [3.63, 3.8) is 0 Å². The van der Waals surface area contributed by atoms with E-state index in [4.69, 9.17) is 11.6 Å². The van der Waals surface area contributed by atoms with Crippen LogP contribution in [0.1, 0.15) is 13.3 Å². The fourth-order valence-corrected chi connectivity index (χ4v) is 3.92. The number of nitrogens with zero attached hydrogens (tertiary/aromatic N) is 1. The van der Waals surface area contributed by atoms with Crippen LogP contribution in [0.5, 0.6) is 0 Å². The van der Waals surface area contributed by atoms with Gasteiger partial charge in [-0.1, -0.05) is 36.7 Å². The summed E-state index contributed by atoms with van der Waals surface area (Å²) in [5.41, 5.74) is 1.41. The van der Waals surface area contributed by atoms with E-state index < -0.39 is 0 Å². The Balaban J connectivity index is 1.80. The van der Waals surface area contributed by atoms with Gasteiger partial charge >= 0.3 is 0 Å². The summed E-state index contributed by atoms with van der Waals surface area (Å²) in [5.74, 6) is -0.291. The first-order chi connectivity index (χ1) is 11.5. The Morgan fingerprint density at radius 3 is 2.88 bits per heavy atom. The molecule has 2 aromatic carbocycles. The molecule has 1 N–H and O–H groups in total. The van der Waals surface area contributed by atoms with Crippen LogP contribution < -0.4 is 10.2 Å². The van der Waals surface area contributed by atoms with Crippen LogP contribution in [-0.2, 0) is 9.59 Å². The molecule has 0 saturated carbocycles. The van der Waals surface area contributed by atoms with Crippen molar-refractivity contribution in [3.8, 4) is 0 Å². The fraction of sp³-hybridized carbons (Fsp3) is 0.222. The first-order valence-corrected chi connectivity index (χ1v) is 8.90. The molecule has 4 nitrogen and oxygen atoms in total. The van der Waals surface area contributed by atoms with Gasteiger partial charge in [0.2, 0.25) is 11.8 Å². The third-order valence-corrected chi connectivity index (χ3v) is 5.06. The van der Waals surface area contributed by atoms with E-state index in [0.29, 0.717) is 17.1 Å². The van der Waals surface area contributed by atoms with Crippen molar-refractivity contribution >= 4 is 46.6 Å². The highest BCUT2D eigenvalue weighted by molar-refractivity contribution is 8.00. The molecule has 0 bridgehead atoms. The predicted molar refractivity (Wildman–Crippen MR) is 98.8 cm³/mol. The highest BCUT2D eigenvalue weighted by Crippen LogP contribution is 2.37. The molecule has 24 heavy (non-hydrogen) atoms. The molecular formula is C18H17ClN2O2S. The Morgan fingerprint density at radius 1 is 1.29 bits per heavy atom. The van der Waals surface area contributed by atoms with E-state index in [-0.39, 0.29) is 23.6 Å². The van der Waals surface area contributed by atoms with Gasteiger partial charge in [-0.05, 0) is 30.3 Å². The van der Waals surface area contributed by atoms with E-state index in [9.17, 15) is 9.59 Å². The summed E-state index contributed by atoms with van der Waals surface area (Å²) in [6.45, 7) is 2.00. The number of fused-ring (bicyclic) bond motifs is 1. The molecule has 6 heteroatoms. The lowest BCUT2D eigenvalue weighted by molar-refractivity contribution is -0.121. The number of carbonyl (C=O) groups is 2. The lowest BCUT2D eigenvalue weighted by Crippen LogP contribution is -2.38. The Hall–Kier alpha value is -1.98. The summed E-state index contributed by atoms with van der Waals surface area (Å²) >= 11 is 7.59. The van der Waals surface area contributed by atoms with Gasteiger partial charge in [-0.25, -0.2) is 0 Å². The Kier molecular flexibility index (Phi) is 5.11. The summed E-state index contributed by atoms with van der Waals surface area (Å²) in [7, 11) is 0. The predicted octanol–water partition coefficient (Wildman–Crippen LogP) is 4.20. The molecule has 3 rings (SSSR count). The minimum Gasteiger partial charge on any atom is -0.324 e. The standard InChI is InChI=1S/C18H17ClN2O2S/c1-12-9-18(23)21(15-7-2-3-8-16(15)24-12)11-17(22)20-14-6-4-5-13(19)10-14/h2-8,10,12H,9,11H2,1H3,(H,20,22)/t12-/m0/s1. The van der Waals surface area contributed by atoms with Gasteiger partial charge in [-0.3, -0.25) is 9.59 Å². The zero-order valence-corrected chi connectivity index (χ0v) is 14.7. The van der Waals surface area contributed by atoms with Crippen LogP contribution in [-0.4, -0.2) is 23.6 Å². The number of halogens is 1. The van der Waals surface area contributed by atoms with Crippen LogP contribution >= 0.6 is 23.4 Å². The highest BCUT2D eigenvalue weighted by atomic mass is 35.5. The van der Waals surface area contributed by atoms with Gasteiger partial charge in [0.15, 0.2) is 0 Å². The van der Waals surface area contributed by atoms with Crippen LogP contribution in [0, 0.1) is 0 Å². The number of benzene rings is 2. The zero-order valence-electron chi connectivity index (χ0n) is 13.2. The molecule has 0 aliphatic carbocycles. The zero-order chi connectivity index (χ0) is 17.1. The quantitative estimate of drug-likeness (QED) is 0.892. The molecule has 1 atom stereocenters. The van der Waals surface area contributed by atoms with Crippen LogP contribution in [0.4, 0.5) is 11.4 Å². The van der Waals surface area contributed by atoms with E-state index >= 15 is 0 Å². The molecule has 1 aliphatic heterocycles. The second kappa shape index (κ2) is 7.28. The summed E-state index contributed by atoms with van der Waals surface area (Å²) in [4.78, 5) is 27.5. The summed E-state index contributed by atoms with van der Waals surface area (Å²) in [5, 5.41) is 3.52. The largest absolute Gasteiger partial charge is 0.324 e. The maximum atomic E-state index is 12.5. The monoisotopic (exact) mass is 360 g/mol. The number of hydrogen-bond donors (Lipinski definition) is 1. The average molecular weight is 361 g/mol. The van der Waals surface area contributed by atoms with Crippen molar-refractivity contribution in [1.29, 1.82) is 0 Å². The molecule has 2 amide bonds. The number of carbonyl (C=O) groups excluding carboxylic acids is 2. The molecule has 0 fully saturated rings. The Labute approximate surface area is 150 Å². The summed E-state index contributed by atoms with van der Waals surface area (Å²) in [6.07, 6.45) is 0.407. The number of nitrogens with one attached hydrogen (secondary N) is 1. The topological polar surface area (TPSA) is 49.4 Å². The number of amides is 2. The van der Waals surface area contributed by atoms with Gasteiger partial charge in [-0.15, -0.1) is 11.8 Å².